The van der Waals surface area contributed by atoms with Gasteiger partial charge in [0.15, 0.2) is 12.1 Å². The van der Waals surface area contributed by atoms with Crippen molar-refractivity contribution in [1.29, 1.82) is 0 Å². The molecule has 74 valence electrons. The molecule has 0 aliphatic carbocycles. The third kappa shape index (κ3) is 2.04. The third-order valence-electron chi connectivity index (χ3n) is 1.89. The van der Waals surface area contributed by atoms with Gasteiger partial charge in [0.2, 0.25) is 0 Å². The number of hydrogen-bond acceptors (Lipinski definition) is 4. The number of hydrogen-bond donors (Lipinski definition) is 0. The highest BCUT2D eigenvalue weighted by atomic mass is 16.1. The first-order valence-electron chi connectivity index (χ1n) is 4.52. The Kier molecular flexibility index (Phi) is 2.49. The van der Waals surface area contributed by atoms with Gasteiger partial charge in [0.05, 0.1) is 0 Å². The summed E-state index contributed by atoms with van der Waals surface area (Å²) in [5.41, 5.74) is 1.81. The van der Waals surface area contributed by atoms with E-state index in [4.69, 9.17) is 0 Å². The molecule has 0 spiro atoms. The van der Waals surface area contributed by atoms with Gasteiger partial charge in [0.1, 0.15) is 11.4 Å². The number of rotatable bonds is 2. The van der Waals surface area contributed by atoms with Crippen molar-refractivity contribution < 1.29 is 4.79 Å². The van der Waals surface area contributed by atoms with Crippen LogP contribution in [0.4, 0.5) is 0 Å². The van der Waals surface area contributed by atoms with Crippen molar-refractivity contribution in [3.05, 3.63) is 41.9 Å². The van der Waals surface area contributed by atoms with Crippen LogP contribution >= 0.6 is 0 Å². The number of nitrogens with zero attached hydrogens (tertiary/aromatic N) is 3. The monoisotopic (exact) mass is 199 g/mol. The zero-order valence-electron chi connectivity index (χ0n) is 8.21. The van der Waals surface area contributed by atoms with Crippen LogP contribution in [0.5, 0.6) is 0 Å². The van der Waals surface area contributed by atoms with Gasteiger partial charge < -0.3 is 0 Å². The summed E-state index contributed by atoms with van der Waals surface area (Å²) in [4.78, 5) is 23.1. The number of pyridine rings is 1. The summed E-state index contributed by atoms with van der Waals surface area (Å²) in [7, 11) is 0. The maximum Gasteiger partial charge on any atom is 0.179 e. The number of aromatic nitrogens is 3. The lowest BCUT2D eigenvalue weighted by atomic mass is 10.3. The molecular formula is C11H9N3O. The van der Waals surface area contributed by atoms with Crippen LogP contribution in [0.25, 0.3) is 11.5 Å². The summed E-state index contributed by atoms with van der Waals surface area (Å²) in [5, 5.41) is 0. The average Bonchev–Trinajstić information content (AvgIpc) is 2.29. The second kappa shape index (κ2) is 3.96. The van der Waals surface area contributed by atoms with Crippen LogP contribution in [-0.2, 0) is 0 Å². The molecule has 0 atom stereocenters. The fraction of sp³-hybridized carbons (Fsp3) is 0.0909. The highest BCUT2D eigenvalue weighted by Crippen LogP contribution is 2.11. The van der Waals surface area contributed by atoms with E-state index in [1.165, 1.54) is 0 Å². The standard InChI is InChI=1S/C11H9N3O/c1-8-6-9(7-15)14-11(13-8)10-4-2-3-5-12-10/h2-7H,1H3. The molecule has 0 amide bonds. The molecule has 15 heavy (non-hydrogen) atoms. The molecule has 2 aromatic heterocycles. The lowest BCUT2D eigenvalue weighted by molar-refractivity contribution is 0.111. The molecule has 0 aliphatic heterocycles. The van der Waals surface area contributed by atoms with Crippen molar-refractivity contribution in [2.45, 2.75) is 6.92 Å². The predicted molar refractivity (Wildman–Crippen MR) is 55.4 cm³/mol. The first-order valence-corrected chi connectivity index (χ1v) is 4.52. The van der Waals surface area contributed by atoms with E-state index in [1.54, 1.807) is 12.3 Å². The zero-order valence-corrected chi connectivity index (χ0v) is 8.21. The smallest absolute Gasteiger partial charge is 0.179 e. The molecule has 4 heteroatoms. The van der Waals surface area contributed by atoms with Crippen LogP contribution in [0.1, 0.15) is 16.2 Å². The minimum absolute atomic E-state index is 0.378. The van der Waals surface area contributed by atoms with Gasteiger partial charge in [-0.2, -0.15) is 0 Å². The van der Waals surface area contributed by atoms with Gasteiger partial charge in [-0.05, 0) is 25.1 Å². The molecular weight excluding hydrogens is 190 g/mol. The van der Waals surface area contributed by atoms with Gasteiger partial charge in [-0.25, -0.2) is 9.97 Å². The van der Waals surface area contributed by atoms with E-state index in [-0.39, 0.29) is 0 Å². The van der Waals surface area contributed by atoms with E-state index in [0.717, 1.165) is 5.69 Å². The van der Waals surface area contributed by atoms with Crippen molar-refractivity contribution in [3.8, 4) is 11.5 Å². The molecule has 0 bridgehead atoms. The van der Waals surface area contributed by atoms with E-state index in [0.29, 0.717) is 23.5 Å². The van der Waals surface area contributed by atoms with Crippen molar-refractivity contribution in [1.82, 2.24) is 15.0 Å². The molecule has 0 radical (unpaired) electrons. The Hall–Kier alpha value is -2.10. The second-order valence-electron chi connectivity index (χ2n) is 3.09. The van der Waals surface area contributed by atoms with Gasteiger partial charge in [0, 0.05) is 11.9 Å². The maximum absolute atomic E-state index is 10.6. The van der Waals surface area contributed by atoms with Gasteiger partial charge >= 0.3 is 0 Å². The molecule has 0 unspecified atom stereocenters. The Labute approximate surface area is 87.0 Å². The second-order valence-corrected chi connectivity index (χ2v) is 3.09. The Morgan fingerprint density at radius 3 is 2.80 bits per heavy atom. The van der Waals surface area contributed by atoms with Gasteiger partial charge in [-0.3, -0.25) is 9.78 Å². The Bertz CT molecular complexity index is 482. The van der Waals surface area contributed by atoms with Crippen LogP contribution < -0.4 is 0 Å². The van der Waals surface area contributed by atoms with Gasteiger partial charge in [0.25, 0.3) is 0 Å². The van der Waals surface area contributed by atoms with E-state index >= 15 is 0 Å². The molecule has 0 aromatic carbocycles. The number of carbonyl (C=O) groups is 1. The summed E-state index contributed by atoms with van der Waals surface area (Å²) < 4.78 is 0. The summed E-state index contributed by atoms with van der Waals surface area (Å²) in [5.74, 6) is 0.484. The predicted octanol–water partition coefficient (Wildman–Crippen LogP) is 1.66. The number of aryl methyl sites for hydroxylation is 1. The van der Waals surface area contributed by atoms with Crippen molar-refractivity contribution in [2.24, 2.45) is 0 Å². The highest BCUT2D eigenvalue weighted by molar-refractivity contribution is 5.72. The largest absolute Gasteiger partial charge is 0.296 e. The lowest BCUT2D eigenvalue weighted by Crippen LogP contribution is -1.97. The normalized spacial score (nSPS) is 9.93. The maximum atomic E-state index is 10.6. The molecule has 0 aliphatic rings. The molecule has 0 saturated heterocycles. The third-order valence-corrected chi connectivity index (χ3v) is 1.89. The summed E-state index contributed by atoms with van der Waals surface area (Å²) in [6.45, 7) is 1.82. The van der Waals surface area contributed by atoms with Crippen molar-refractivity contribution >= 4 is 6.29 Å². The summed E-state index contributed by atoms with van der Waals surface area (Å²) in [6, 6.07) is 7.12. The van der Waals surface area contributed by atoms with E-state index in [1.807, 2.05) is 25.1 Å². The first kappa shape index (κ1) is 9.45. The molecule has 4 nitrogen and oxygen atoms in total. The number of carbonyl (C=O) groups excluding carboxylic acids is 1. The Morgan fingerprint density at radius 1 is 1.27 bits per heavy atom. The first-order chi connectivity index (χ1) is 7.29. The van der Waals surface area contributed by atoms with Crippen LogP contribution in [0, 0.1) is 6.92 Å². The molecule has 0 N–H and O–H groups in total. The Morgan fingerprint density at radius 2 is 2.13 bits per heavy atom. The minimum atomic E-state index is 0.378. The fourth-order valence-corrected chi connectivity index (χ4v) is 1.26. The fourth-order valence-electron chi connectivity index (χ4n) is 1.26. The van der Waals surface area contributed by atoms with E-state index in [9.17, 15) is 4.79 Å². The lowest BCUT2D eigenvalue weighted by Gasteiger charge is -2.00. The van der Waals surface area contributed by atoms with Crippen molar-refractivity contribution in [2.75, 3.05) is 0 Å². The van der Waals surface area contributed by atoms with Crippen LogP contribution in [0.15, 0.2) is 30.5 Å². The van der Waals surface area contributed by atoms with E-state index < -0.39 is 0 Å². The summed E-state index contributed by atoms with van der Waals surface area (Å²) >= 11 is 0. The topological polar surface area (TPSA) is 55.7 Å². The van der Waals surface area contributed by atoms with Crippen LogP contribution in [0.3, 0.4) is 0 Å². The highest BCUT2D eigenvalue weighted by Gasteiger charge is 2.04. The minimum Gasteiger partial charge on any atom is -0.296 e. The zero-order chi connectivity index (χ0) is 10.7. The van der Waals surface area contributed by atoms with Crippen molar-refractivity contribution in [3.63, 3.8) is 0 Å². The van der Waals surface area contributed by atoms with Crippen LogP contribution in [-0.4, -0.2) is 21.2 Å². The van der Waals surface area contributed by atoms with Crippen LogP contribution in [0.2, 0.25) is 0 Å². The SMILES string of the molecule is Cc1cc(C=O)nc(-c2ccccn2)n1. The quantitative estimate of drug-likeness (QED) is 0.690. The molecule has 2 rings (SSSR count). The van der Waals surface area contributed by atoms with E-state index in [2.05, 4.69) is 15.0 Å². The summed E-state index contributed by atoms with van der Waals surface area (Å²) in [6.07, 6.45) is 2.38. The van der Waals surface area contributed by atoms with Gasteiger partial charge in [-0.15, -0.1) is 0 Å². The average molecular weight is 199 g/mol. The number of aldehydes is 1. The van der Waals surface area contributed by atoms with Gasteiger partial charge in [-0.1, -0.05) is 6.07 Å². The molecule has 2 aromatic rings. The molecule has 0 saturated carbocycles. The molecule has 2 heterocycles. The Balaban J connectivity index is 2.53. The molecule has 0 fully saturated rings.